The van der Waals surface area contributed by atoms with Crippen LogP contribution in [0.15, 0.2) is 12.3 Å². The summed E-state index contributed by atoms with van der Waals surface area (Å²) >= 11 is 0. The normalized spacial score (nSPS) is 21.0. The van der Waals surface area contributed by atoms with E-state index >= 15 is 0 Å². The fourth-order valence-electron chi connectivity index (χ4n) is 2.80. The smallest absolute Gasteiger partial charge is 0.232 e. The van der Waals surface area contributed by atoms with E-state index in [9.17, 15) is 13.2 Å². The van der Waals surface area contributed by atoms with Crippen molar-refractivity contribution in [3.8, 4) is 0 Å². The maximum absolute atomic E-state index is 12.1. The Balaban J connectivity index is 2.16. The van der Waals surface area contributed by atoms with Gasteiger partial charge in [-0.05, 0) is 13.3 Å². The van der Waals surface area contributed by atoms with Crippen LogP contribution in [0, 0.1) is 5.92 Å². The van der Waals surface area contributed by atoms with Gasteiger partial charge in [0.1, 0.15) is 5.82 Å². The van der Waals surface area contributed by atoms with Gasteiger partial charge in [-0.25, -0.2) is 13.1 Å². The fourth-order valence-corrected chi connectivity index (χ4v) is 4.12. The van der Waals surface area contributed by atoms with Crippen LogP contribution in [0.25, 0.3) is 0 Å². The third-order valence-electron chi connectivity index (χ3n) is 3.69. The molecule has 0 spiro atoms. The Morgan fingerprint density at radius 1 is 1.52 bits per heavy atom. The second-order valence-electron chi connectivity index (χ2n) is 5.55. The van der Waals surface area contributed by atoms with Crippen LogP contribution < -0.4 is 4.90 Å². The molecule has 2 rings (SSSR count). The molecule has 0 aliphatic carbocycles. The van der Waals surface area contributed by atoms with Crippen molar-refractivity contribution in [2.24, 2.45) is 5.92 Å². The summed E-state index contributed by atoms with van der Waals surface area (Å²) in [4.78, 5) is 13.8. The molecule has 0 bridgehead atoms. The van der Waals surface area contributed by atoms with E-state index in [1.165, 1.54) is 0 Å². The van der Waals surface area contributed by atoms with E-state index in [1.54, 1.807) is 17.2 Å². The molecule has 1 aromatic heterocycles. The van der Waals surface area contributed by atoms with Gasteiger partial charge in [0.15, 0.2) is 0 Å². The zero-order valence-electron chi connectivity index (χ0n) is 12.2. The lowest BCUT2D eigenvalue weighted by molar-refractivity contribution is -0.117. The SMILES string of the molecule is CCCC(C)n1nccc1N1CC(CS(=O)(=O)Cl)CC1=O. The molecule has 2 unspecified atom stereocenters. The van der Waals surface area contributed by atoms with E-state index in [2.05, 4.69) is 18.9 Å². The summed E-state index contributed by atoms with van der Waals surface area (Å²) in [5.41, 5.74) is 0. The molecular formula is C13H20ClN3O3S. The highest BCUT2D eigenvalue weighted by Gasteiger charge is 2.34. The lowest BCUT2D eigenvalue weighted by atomic mass is 10.1. The Kier molecular flexibility index (Phi) is 4.93. The molecule has 1 aliphatic heterocycles. The van der Waals surface area contributed by atoms with E-state index in [0.29, 0.717) is 6.54 Å². The van der Waals surface area contributed by atoms with Gasteiger partial charge in [0.25, 0.3) is 0 Å². The number of carbonyl (C=O) groups excluding carboxylic acids is 1. The van der Waals surface area contributed by atoms with Gasteiger partial charge >= 0.3 is 0 Å². The minimum atomic E-state index is -3.59. The predicted molar refractivity (Wildman–Crippen MR) is 81.9 cm³/mol. The largest absolute Gasteiger partial charge is 0.297 e. The molecule has 118 valence electrons. The number of anilines is 1. The summed E-state index contributed by atoms with van der Waals surface area (Å²) in [5.74, 6) is 0.223. The molecule has 2 heterocycles. The van der Waals surface area contributed by atoms with Crippen molar-refractivity contribution in [3.05, 3.63) is 12.3 Å². The highest BCUT2D eigenvalue weighted by molar-refractivity contribution is 8.13. The van der Waals surface area contributed by atoms with Crippen molar-refractivity contribution in [1.82, 2.24) is 9.78 Å². The molecule has 0 N–H and O–H groups in total. The summed E-state index contributed by atoms with van der Waals surface area (Å²) in [6, 6.07) is 1.99. The molecule has 21 heavy (non-hydrogen) atoms. The summed E-state index contributed by atoms with van der Waals surface area (Å²) < 4.78 is 24.2. The molecule has 6 nitrogen and oxygen atoms in total. The van der Waals surface area contributed by atoms with Gasteiger partial charge in [-0.1, -0.05) is 13.3 Å². The fraction of sp³-hybridized carbons (Fsp3) is 0.692. The highest BCUT2D eigenvalue weighted by atomic mass is 35.7. The number of hydrogen-bond acceptors (Lipinski definition) is 4. The number of amides is 1. The first kappa shape index (κ1) is 16.3. The topological polar surface area (TPSA) is 72.3 Å². The van der Waals surface area contributed by atoms with E-state index in [4.69, 9.17) is 10.7 Å². The highest BCUT2D eigenvalue weighted by Crippen LogP contribution is 2.29. The van der Waals surface area contributed by atoms with Gasteiger partial charge in [0.05, 0.1) is 18.0 Å². The van der Waals surface area contributed by atoms with Crippen LogP contribution in [0.2, 0.25) is 0 Å². The van der Waals surface area contributed by atoms with Crippen molar-refractivity contribution < 1.29 is 13.2 Å². The molecule has 0 saturated carbocycles. The van der Waals surface area contributed by atoms with Crippen molar-refractivity contribution in [2.45, 2.75) is 39.2 Å². The molecule has 0 radical (unpaired) electrons. The maximum Gasteiger partial charge on any atom is 0.232 e. The number of hydrogen-bond donors (Lipinski definition) is 0. The van der Waals surface area contributed by atoms with Gasteiger partial charge in [0, 0.05) is 35.6 Å². The predicted octanol–water partition coefficient (Wildman–Crippen LogP) is 2.17. The van der Waals surface area contributed by atoms with Crippen LogP contribution in [0.1, 0.15) is 39.2 Å². The Morgan fingerprint density at radius 3 is 2.86 bits per heavy atom. The van der Waals surface area contributed by atoms with E-state index < -0.39 is 9.05 Å². The molecular weight excluding hydrogens is 314 g/mol. The third kappa shape index (κ3) is 3.97. The number of rotatable bonds is 6. The number of aromatic nitrogens is 2. The quantitative estimate of drug-likeness (QED) is 0.748. The molecule has 1 amide bonds. The Hall–Kier alpha value is -1.08. The van der Waals surface area contributed by atoms with Crippen LogP contribution in [-0.2, 0) is 13.8 Å². The van der Waals surface area contributed by atoms with E-state index in [0.717, 1.165) is 18.7 Å². The maximum atomic E-state index is 12.1. The number of nitrogens with zero attached hydrogens (tertiary/aromatic N) is 3. The summed E-state index contributed by atoms with van der Waals surface area (Å²) in [5, 5.41) is 4.29. The van der Waals surface area contributed by atoms with E-state index in [1.807, 2.05) is 4.68 Å². The summed E-state index contributed by atoms with van der Waals surface area (Å²) in [7, 11) is 1.69. The third-order valence-corrected chi connectivity index (χ3v) is 4.94. The monoisotopic (exact) mass is 333 g/mol. The standard InChI is InChI=1S/C13H20ClN3O3S/c1-3-4-10(2)17-12(5-6-15-17)16-8-11(7-13(16)18)9-21(14,19)20/h5-6,10-11H,3-4,7-9H2,1-2H3. The second kappa shape index (κ2) is 6.36. The first-order valence-corrected chi connectivity index (χ1v) is 9.56. The molecule has 1 saturated heterocycles. The first-order valence-electron chi connectivity index (χ1n) is 7.08. The van der Waals surface area contributed by atoms with Gasteiger partial charge in [-0.15, -0.1) is 0 Å². The Morgan fingerprint density at radius 2 is 2.24 bits per heavy atom. The minimum absolute atomic E-state index is 0.0780. The van der Waals surface area contributed by atoms with Gasteiger partial charge in [-0.2, -0.15) is 5.10 Å². The van der Waals surface area contributed by atoms with Crippen LogP contribution >= 0.6 is 10.7 Å². The number of halogens is 1. The van der Waals surface area contributed by atoms with Crippen LogP contribution in [0.4, 0.5) is 5.82 Å². The first-order chi connectivity index (χ1) is 9.81. The minimum Gasteiger partial charge on any atom is -0.297 e. The zero-order chi connectivity index (χ0) is 15.6. The van der Waals surface area contributed by atoms with Gasteiger partial charge in [-0.3, -0.25) is 9.69 Å². The molecule has 8 heteroatoms. The number of carbonyl (C=O) groups is 1. The summed E-state index contributed by atoms with van der Waals surface area (Å²) in [6.45, 7) is 4.53. The summed E-state index contributed by atoms with van der Waals surface area (Å²) in [6.07, 6.45) is 3.87. The van der Waals surface area contributed by atoms with Crippen molar-refractivity contribution in [3.63, 3.8) is 0 Å². The Labute approximate surface area is 129 Å². The lowest BCUT2D eigenvalue weighted by Crippen LogP contribution is -2.28. The van der Waals surface area contributed by atoms with Crippen LogP contribution in [-0.4, -0.2) is 36.4 Å². The van der Waals surface area contributed by atoms with Crippen molar-refractivity contribution >= 4 is 31.5 Å². The molecule has 2 atom stereocenters. The second-order valence-corrected chi connectivity index (χ2v) is 8.37. The average Bonchev–Trinajstić information content (AvgIpc) is 2.93. The van der Waals surface area contributed by atoms with Gasteiger partial charge < -0.3 is 0 Å². The lowest BCUT2D eigenvalue weighted by Gasteiger charge is -2.21. The van der Waals surface area contributed by atoms with Crippen molar-refractivity contribution in [1.29, 1.82) is 0 Å². The average molecular weight is 334 g/mol. The molecule has 1 fully saturated rings. The zero-order valence-corrected chi connectivity index (χ0v) is 13.8. The van der Waals surface area contributed by atoms with Gasteiger partial charge in [0.2, 0.25) is 15.0 Å². The van der Waals surface area contributed by atoms with Crippen LogP contribution in [0.5, 0.6) is 0 Å². The van der Waals surface area contributed by atoms with Crippen molar-refractivity contribution in [2.75, 3.05) is 17.2 Å². The molecule has 0 aromatic carbocycles. The Bertz CT molecular complexity index is 614. The van der Waals surface area contributed by atoms with E-state index in [-0.39, 0.29) is 30.0 Å². The van der Waals surface area contributed by atoms with Crippen LogP contribution in [0.3, 0.4) is 0 Å². The molecule has 1 aliphatic rings. The molecule has 1 aromatic rings.